The van der Waals surface area contributed by atoms with Crippen LogP contribution in [0.2, 0.25) is 0 Å². The minimum Gasteiger partial charge on any atom is -0.295 e. The predicted molar refractivity (Wildman–Crippen MR) is 94.2 cm³/mol. The van der Waals surface area contributed by atoms with Gasteiger partial charge in [0.05, 0.1) is 0 Å². The van der Waals surface area contributed by atoms with Crippen LogP contribution in [-0.4, -0.2) is 5.78 Å². The molecule has 0 fully saturated rings. The molecule has 0 radical (unpaired) electrons. The minimum absolute atomic E-state index is 0.123. The summed E-state index contributed by atoms with van der Waals surface area (Å²) < 4.78 is 0. The van der Waals surface area contributed by atoms with Gasteiger partial charge in [0, 0.05) is 12.3 Å². The Hall–Kier alpha value is -1.37. The first-order chi connectivity index (χ1) is 10.4. The maximum atomic E-state index is 12.5. The molecule has 0 saturated heterocycles. The van der Waals surface area contributed by atoms with Gasteiger partial charge >= 0.3 is 0 Å². The topological polar surface area (TPSA) is 17.1 Å². The summed E-state index contributed by atoms with van der Waals surface area (Å²) >= 11 is 0. The SMILES string of the molecule is CCC(=O)C1=C(C(c2ccccc2C)C(C)(C)C)CCCC1. The summed E-state index contributed by atoms with van der Waals surface area (Å²) in [6.07, 6.45) is 5.06. The van der Waals surface area contributed by atoms with Crippen LogP contribution in [0.4, 0.5) is 0 Å². The van der Waals surface area contributed by atoms with Crippen LogP contribution in [0.25, 0.3) is 0 Å². The molecule has 1 heteroatoms. The largest absolute Gasteiger partial charge is 0.295 e. The Kier molecular flexibility index (Phi) is 5.26. The van der Waals surface area contributed by atoms with E-state index in [0.717, 1.165) is 24.8 Å². The minimum atomic E-state index is 0.123. The van der Waals surface area contributed by atoms with Gasteiger partial charge < -0.3 is 0 Å². The second-order valence-electron chi connectivity index (χ2n) is 7.64. The van der Waals surface area contributed by atoms with E-state index in [1.54, 1.807) is 0 Å². The fourth-order valence-electron chi connectivity index (χ4n) is 3.87. The number of benzene rings is 1. The van der Waals surface area contributed by atoms with E-state index >= 15 is 0 Å². The monoisotopic (exact) mass is 298 g/mol. The standard InChI is InChI=1S/C21H30O/c1-6-19(22)17-13-9-10-14-18(17)20(21(3,4)5)16-12-8-7-11-15(16)2/h7-8,11-12,20H,6,9-10,13-14H2,1-5H3. The van der Waals surface area contributed by atoms with Gasteiger partial charge in [-0.1, -0.05) is 57.5 Å². The molecule has 0 bridgehead atoms. The molecular formula is C21H30O. The average molecular weight is 298 g/mol. The molecule has 1 unspecified atom stereocenters. The zero-order valence-corrected chi connectivity index (χ0v) is 14.8. The molecule has 1 atom stereocenters. The highest BCUT2D eigenvalue weighted by molar-refractivity contribution is 5.96. The summed E-state index contributed by atoms with van der Waals surface area (Å²) in [6, 6.07) is 8.68. The van der Waals surface area contributed by atoms with Gasteiger partial charge in [-0.3, -0.25) is 4.79 Å². The molecule has 0 amide bonds. The first kappa shape index (κ1) is 17.0. The smallest absolute Gasteiger partial charge is 0.158 e. The third-order valence-electron chi connectivity index (χ3n) is 4.88. The third kappa shape index (κ3) is 3.51. The predicted octanol–water partition coefficient (Wildman–Crippen LogP) is 5.97. The van der Waals surface area contributed by atoms with E-state index in [9.17, 15) is 4.79 Å². The van der Waals surface area contributed by atoms with Crippen LogP contribution in [0.1, 0.15) is 76.8 Å². The van der Waals surface area contributed by atoms with Crippen molar-refractivity contribution in [1.29, 1.82) is 0 Å². The van der Waals surface area contributed by atoms with Gasteiger partial charge in [-0.25, -0.2) is 0 Å². The van der Waals surface area contributed by atoms with Crippen molar-refractivity contribution in [1.82, 2.24) is 0 Å². The lowest BCUT2D eigenvalue weighted by atomic mass is 9.67. The number of ketones is 1. The van der Waals surface area contributed by atoms with Gasteiger partial charge in [0.2, 0.25) is 0 Å². The van der Waals surface area contributed by atoms with E-state index in [1.165, 1.54) is 23.1 Å². The molecule has 1 aliphatic rings. The van der Waals surface area contributed by atoms with Gasteiger partial charge in [0.1, 0.15) is 0 Å². The zero-order chi connectivity index (χ0) is 16.3. The number of carbonyl (C=O) groups excluding carboxylic acids is 1. The lowest BCUT2D eigenvalue weighted by molar-refractivity contribution is -0.115. The normalized spacial score (nSPS) is 17.5. The number of aryl methyl sites for hydroxylation is 1. The molecule has 0 spiro atoms. The molecule has 0 aliphatic heterocycles. The molecule has 1 aromatic rings. The van der Waals surface area contributed by atoms with Gasteiger partial charge in [-0.2, -0.15) is 0 Å². The van der Waals surface area contributed by atoms with Gasteiger partial charge in [-0.15, -0.1) is 0 Å². The lowest BCUT2D eigenvalue weighted by Gasteiger charge is -2.37. The van der Waals surface area contributed by atoms with Crippen molar-refractivity contribution in [3.8, 4) is 0 Å². The van der Waals surface area contributed by atoms with Crippen LogP contribution in [0, 0.1) is 12.3 Å². The van der Waals surface area contributed by atoms with Crippen LogP contribution in [-0.2, 0) is 4.79 Å². The molecule has 0 saturated carbocycles. The summed E-state index contributed by atoms with van der Waals surface area (Å²) in [6.45, 7) is 11.1. The molecule has 22 heavy (non-hydrogen) atoms. The lowest BCUT2D eigenvalue weighted by Crippen LogP contribution is -2.25. The van der Waals surface area contributed by atoms with Crippen molar-refractivity contribution >= 4 is 5.78 Å². The average Bonchev–Trinajstić information content (AvgIpc) is 2.48. The van der Waals surface area contributed by atoms with Gasteiger partial charge in [-0.05, 0) is 54.7 Å². The molecule has 0 aromatic heterocycles. The molecule has 120 valence electrons. The third-order valence-corrected chi connectivity index (χ3v) is 4.88. The summed E-state index contributed by atoms with van der Waals surface area (Å²) in [5.74, 6) is 0.706. The van der Waals surface area contributed by atoms with E-state index < -0.39 is 0 Å². The summed E-state index contributed by atoms with van der Waals surface area (Å²) in [7, 11) is 0. The van der Waals surface area contributed by atoms with Crippen LogP contribution in [0.3, 0.4) is 0 Å². The van der Waals surface area contributed by atoms with Crippen molar-refractivity contribution in [2.75, 3.05) is 0 Å². The van der Waals surface area contributed by atoms with E-state index in [-0.39, 0.29) is 5.41 Å². The fraction of sp³-hybridized carbons (Fsp3) is 0.571. The number of hydrogen-bond acceptors (Lipinski definition) is 1. The van der Waals surface area contributed by atoms with Crippen LogP contribution in [0.15, 0.2) is 35.4 Å². The van der Waals surface area contributed by atoms with E-state index in [1.807, 2.05) is 6.92 Å². The zero-order valence-electron chi connectivity index (χ0n) is 14.8. The van der Waals surface area contributed by atoms with E-state index in [0.29, 0.717) is 18.1 Å². The van der Waals surface area contributed by atoms with Gasteiger partial charge in [0.25, 0.3) is 0 Å². The highest BCUT2D eigenvalue weighted by atomic mass is 16.1. The van der Waals surface area contributed by atoms with Crippen LogP contribution < -0.4 is 0 Å². The fourth-order valence-corrected chi connectivity index (χ4v) is 3.87. The summed E-state index contributed by atoms with van der Waals surface area (Å²) in [5, 5.41) is 0. The molecule has 0 heterocycles. The Balaban J connectivity index is 2.61. The molecule has 1 aromatic carbocycles. The highest BCUT2D eigenvalue weighted by Crippen LogP contribution is 2.47. The van der Waals surface area contributed by atoms with Gasteiger partial charge in [0.15, 0.2) is 5.78 Å². The maximum absolute atomic E-state index is 12.5. The molecular weight excluding hydrogens is 268 g/mol. The Morgan fingerprint density at radius 2 is 1.77 bits per heavy atom. The van der Waals surface area contributed by atoms with E-state index in [2.05, 4.69) is 52.0 Å². The number of hydrogen-bond donors (Lipinski definition) is 0. The molecule has 0 N–H and O–H groups in total. The second kappa shape index (κ2) is 6.81. The number of rotatable bonds is 4. The summed E-state index contributed by atoms with van der Waals surface area (Å²) in [5.41, 5.74) is 5.41. The van der Waals surface area contributed by atoms with Crippen molar-refractivity contribution < 1.29 is 4.79 Å². The molecule has 1 nitrogen and oxygen atoms in total. The second-order valence-corrected chi connectivity index (χ2v) is 7.64. The number of carbonyl (C=O) groups is 1. The van der Waals surface area contributed by atoms with Crippen molar-refractivity contribution in [2.45, 2.75) is 72.6 Å². The Morgan fingerprint density at radius 1 is 1.14 bits per heavy atom. The Bertz CT molecular complexity index is 572. The molecule has 2 rings (SSSR count). The summed E-state index contributed by atoms with van der Waals surface area (Å²) in [4.78, 5) is 12.5. The van der Waals surface area contributed by atoms with Crippen molar-refractivity contribution in [3.05, 3.63) is 46.5 Å². The Labute approximate surface area is 135 Å². The molecule has 1 aliphatic carbocycles. The van der Waals surface area contributed by atoms with Crippen LogP contribution >= 0.6 is 0 Å². The van der Waals surface area contributed by atoms with E-state index in [4.69, 9.17) is 0 Å². The quantitative estimate of drug-likeness (QED) is 0.668. The first-order valence-electron chi connectivity index (χ1n) is 8.67. The highest BCUT2D eigenvalue weighted by Gasteiger charge is 2.34. The number of allylic oxidation sites excluding steroid dienone is 2. The first-order valence-corrected chi connectivity index (χ1v) is 8.67. The van der Waals surface area contributed by atoms with Crippen molar-refractivity contribution in [3.63, 3.8) is 0 Å². The van der Waals surface area contributed by atoms with Crippen LogP contribution in [0.5, 0.6) is 0 Å². The number of Topliss-reactive ketones (excluding diaryl/α,β-unsaturated/α-hetero) is 1. The Morgan fingerprint density at radius 3 is 2.36 bits per heavy atom. The van der Waals surface area contributed by atoms with Crippen molar-refractivity contribution in [2.24, 2.45) is 5.41 Å². The maximum Gasteiger partial charge on any atom is 0.158 e.